The molecule has 2 aromatic rings. The van der Waals surface area contributed by atoms with E-state index in [1.54, 1.807) is 24.3 Å². The van der Waals surface area contributed by atoms with Gasteiger partial charge in [0, 0.05) is 0 Å². The van der Waals surface area contributed by atoms with Crippen molar-refractivity contribution in [3.63, 3.8) is 0 Å². The summed E-state index contributed by atoms with van der Waals surface area (Å²) in [5.74, 6) is 0.0350. The number of nitrogens with zero attached hydrogens (tertiary/aromatic N) is 1. The third-order valence-corrected chi connectivity index (χ3v) is 4.73. The summed E-state index contributed by atoms with van der Waals surface area (Å²) in [6.07, 6.45) is 2.86. The fourth-order valence-electron chi connectivity index (χ4n) is 2.69. The molecule has 1 saturated heterocycles. The lowest BCUT2D eigenvalue weighted by Crippen LogP contribution is -2.53. The van der Waals surface area contributed by atoms with Crippen molar-refractivity contribution >= 4 is 46.5 Å². The van der Waals surface area contributed by atoms with Crippen LogP contribution in [0.4, 0.5) is 4.79 Å². The number of rotatable bonds is 6. The molecule has 28 heavy (non-hydrogen) atoms. The Morgan fingerprint density at radius 1 is 1.29 bits per heavy atom. The molecule has 146 valence electrons. The van der Waals surface area contributed by atoms with Gasteiger partial charge in [-0.25, -0.2) is 4.79 Å². The van der Waals surface area contributed by atoms with Crippen LogP contribution in [-0.2, 0) is 16.1 Å². The molecule has 8 nitrogen and oxygen atoms in total. The number of furan rings is 1. The van der Waals surface area contributed by atoms with E-state index in [1.807, 2.05) is 6.92 Å². The Morgan fingerprint density at radius 2 is 2.07 bits per heavy atom. The summed E-state index contributed by atoms with van der Waals surface area (Å²) in [6.45, 7) is 2.19. The molecule has 1 fully saturated rings. The van der Waals surface area contributed by atoms with Crippen molar-refractivity contribution in [3.8, 4) is 11.5 Å². The lowest BCUT2D eigenvalue weighted by molar-refractivity contribution is -0.130. The molecule has 1 aromatic heterocycles. The topological polar surface area (TPSA) is 98.1 Å². The maximum absolute atomic E-state index is 12.8. The third kappa shape index (κ3) is 4.03. The highest BCUT2D eigenvalue weighted by molar-refractivity contribution is 14.1. The van der Waals surface area contributed by atoms with Crippen LogP contribution in [0.25, 0.3) is 6.08 Å². The molecule has 1 aliphatic heterocycles. The summed E-state index contributed by atoms with van der Waals surface area (Å²) < 4.78 is 16.9. The average molecular weight is 496 g/mol. The van der Waals surface area contributed by atoms with Crippen molar-refractivity contribution in [1.82, 2.24) is 10.2 Å². The van der Waals surface area contributed by atoms with Gasteiger partial charge < -0.3 is 13.9 Å². The number of hydrogen-bond donors (Lipinski definition) is 1. The molecule has 0 unspecified atom stereocenters. The highest BCUT2D eigenvalue weighted by Gasteiger charge is 2.36. The molecule has 1 aromatic carbocycles. The van der Waals surface area contributed by atoms with Crippen LogP contribution >= 0.6 is 22.6 Å². The van der Waals surface area contributed by atoms with Gasteiger partial charge in [0.2, 0.25) is 0 Å². The molecule has 4 amide bonds. The highest BCUT2D eigenvalue weighted by Crippen LogP contribution is 2.34. The van der Waals surface area contributed by atoms with Gasteiger partial charge in [-0.05, 0) is 65.4 Å². The minimum Gasteiger partial charge on any atom is -0.492 e. The summed E-state index contributed by atoms with van der Waals surface area (Å²) in [4.78, 5) is 38.0. The highest BCUT2D eigenvalue weighted by atomic mass is 127. The van der Waals surface area contributed by atoms with E-state index in [-0.39, 0.29) is 12.1 Å². The Labute approximate surface area is 174 Å². The molecule has 0 bridgehead atoms. The maximum atomic E-state index is 12.8. The molecule has 1 aliphatic rings. The molecule has 3 rings (SSSR count). The van der Waals surface area contributed by atoms with E-state index in [0.717, 1.165) is 8.47 Å². The van der Waals surface area contributed by atoms with Crippen molar-refractivity contribution in [2.75, 3.05) is 13.7 Å². The minimum absolute atomic E-state index is 0.0768. The Balaban J connectivity index is 1.96. The van der Waals surface area contributed by atoms with Crippen molar-refractivity contribution in [3.05, 3.63) is 51.0 Å². The molecular formula is C19H17IN2O6. The number of barbiturate groups is 1. The predicted molar refractivity (Wildman–Crippen MR) is 108 cm³/mol. The molecule has 2 heterocycles. The van der Waals surface area contributed by atoms with E-state index in [1.165, 1.54) is 19.4 Å². The van der Waals surface area contributed by atoms with E-state index in [9.17, 15) is 14.4 Å². The fourth-order valence-corrected chi connectivity index (χ4v) is 3.54. The van der Waals surface area contributed by atoms with Crippen LogP contribution in [0, 0.1) is 3.57 Å². The van der Waals surface area contributed by atoms with Crippen molar-refractivity contribution in [2.24, 2.45) is 0 Å². The predicted octanol–water partition coefficient (Wildman–Crippen LogP) is 2.95. The monoisotopic (exact) mass is 496 g/mol. The van der Waals surface area contributed by atoms with Gasteiger partial charge in [0.05, 0.1) is 30.1 Å². The fraction of sp³-hybridized carbons (Fsp3) is 0.211. The standard InChI is InChI=1S/C19H17IN2O6/c1-3-27-15-9-11(8-14(20)16(15)26-2)7-13-17(23)21-19(25)22(18(13)24)10-12-5-4-6-28-12/h4-9H,3,10H2,1-2H3,(H,21,23,25)/b13-7+. The second kappa shape index (κ2) is 8.46. The summed E-state index contributed by atoms with van der Waals surface area (Å²) in [5.41, 5.74) is 0.411. The maximum Gasteiger partial charge on any atom is 0.331 e. The number of amides is 4. The summed E-state index contributed by atoms with van der Waals surface area (Å²) in [7, 11) is 1.54. The molecule has 0 spiro atoms. The first-order valence-electron chi connectivity index (χ1n) is 8.36. The Bertz CT molecular complexity index is 952. The zero-order valence-corrected chi connectivity index (χ0v) is 17.3. The first-order valence-corrected chi connectivity index (χ1v) is 9.44. The van der Waals surface area contributed by atoms with E-state index in [2.05, 4.69) is 27.9 Å². The number of hydrogen-bond acceptors (Lipinski definition) is 6. The van der Waals surface area contributed by atoms with Crippen LogP contribution in [0.5, 0.6) is 11.5 Å². The van der Waals surface area contributed by atoms with Crippen LogP contribution < -0.4 is 14.8 Å². The second-order valence-electron chi connectivity index (χ2n) is 5.76. The average Bonchev–Trinajstić information content (AvgIpc) is 3.16. The van der Waals surface area contributed by atoms with Gasteiger partial charge in [0.1, 0.15) is 11.3 Å². The molecule has 1 N–H and O–H groups in total. The van der Waals surface area contributed by atoms with E-state index < -0.39 is 17.8 Å². The smallest absolute Gasteiger partial charge is 0.331 e. The van der Waals surface area contributed by atoms with E-state index in [4.69, 9.17) is 13.9 Å². The Hall–Kier alpha value is -2.82. The van der Waals surface area contributed by atoms with Gasteiger partial charge in [-0.15, -0.1) is 0 Å². The number of halogens is 1. The summed E-state index contributed by atoms with van der Waals surface area (Å²) in [6, 6.07) is 5.93. The van der Waals surface area contributed by atoms with Gasteiger partial charge in [0.15, 0.2) is 11.5 Å². The van der Waals surface area contributed by atoms with Crippen LogP contribution in [0.1, 0.15) is 18.2 Å². The molecule has 0 aliphatic carbocycles. The SMILES string of the molecule is CCOc1cc(/C=C2\C(=O)NC(=O)N(Cc3ccco3)C2=O)cc(I)c1OC. The molecule has 0 atom stereocenters. The lowest BCUT2D eigenvalue weighted by atomic mass is 10.1. The van der Waals surface area contributed by atoms with Gasteiger partial charge in [-0.1, -0.05) is 0 Å². The van der Waals surface area contributed by atoms with Crippen LogP contribution in [0.2, 0.25) is 0 Å². The quantitative estimate of drug-likeness (QED) is 0.375. The first-order chi connectivity index (χ1) is 13.4. The molecule has 0 saturated carbocycles. The number of carbonyl (C=O) groups excluding carboxylic acids is 3. The van der Waals surface area contributed by atoms with Crippen molar-refractivity contribution < 1.29 is 28.3 Å². The molecule has 9 heteroatoms. The number of methoxy groups -OCH3 is 1. The number of imide groups is 2. The second-order valence-corrected chi connectivity index (χ2v) is 6.92. The van der Waals surface area contributed by atoms with E-state index in [0.29, 0.717) is 29.4 Å². The Kier molecular flexibility index (Phi) is 6.02. The van der Waals surface area contributed by atoms with E-state index >= 15 is 0 Å². The first kappa shape index (κ1) is 19.9. The van der Waals surface area contributed by atoms with Gasteiger partial charge in [-0.3, -0.25) is 19.8 Å². The third-order valence-electron chi connectivity index (χ3n) is 3.93. The van der Waals surface area contributed by atoms with Crippen molar-refractivity contribution in [2.45, 2.75) is 13.5 Å². The zero-order chi connectivity index (χ0) is 20.3. The number of nitrogens with one attached hydrogen (secondary N) is 1. The lowest BCUT2D eigenvalue weighted by Gasteiger charge is -2.25. The van der Waals surface area contributed by atoms with Crippen molar-refractivity contribution in [1.29, 1.82) is 0 Å². The minimum atomic E-state index is -0.789. The number of benzene rings is 1. The largest absolute Gasteiger partial charge is 0.492 e. The van der Waals surface area contributed by atoms with Crippen LogP contribution in [0.3, 0.4) is 0 Å². The van der Waals surface area contributed by atoms with Gasteiger partial charge in [-0.2, -0.15) is 0 Å². The van der Waals surface area contributed by atoms with Gasteiger partial charge >= 0.3 is 6.03 Å². The summed E-state index contributed by atoms with van der Waals surface area (Å²) in [5, 5.41) is 2.18. The molecular weight excluding hydrogens is 479 g/mol. The molecule has 0 radical (unpaired) electrons. The number of ether oxygens (including phenoxy) is 2. The van der Waals surface area contributed by atoms with Gasteiger partial charge in [0.25, 0.3) is 11.8 Å². The van der Waals surface area contributed by atoms with Crippen LogP contribution in [0.15, 0.2) is 40.5 Å². The van der Waals surface area contributed by atoms with Crippen LogP contribution in [-0.4, -0.2) is 36.5 Å². The summed E-state index contributed by atoms with van der Waals surface area (Å²) >= 11 is 2.08. The Morgan fingerprint density at radius 3 is 2.71 bits per heavy atom. The number of carbonyl (C=O) groups is 3. The zero-order valence-electron chi connectivity index (χ0n) is 15.2. The normalized spacial score (nSPS) is 15.8. The number of urea groups is 1.